The lowest BCUT2D eigenvalue weighted by Crippen LogP contribution is -2.46. The molecule has 1 aromatic rings. The number of nitrogens with zero attached hydrogens (tertiary/aromatic N) is 2. The molecule has 0 bridgehead atoms. The van der Waals surface area contributed by atoms with Gasteiger partial charge >= 0.3 is 5.97 Å². The minimum Gasteiger partial charge on any atom is -0.453 e. The topological polar surface area (TPSA) is 85.5 Å². The molecule has 1 N–H and O–H groups in total. The molecule has 0 radical (unpaired) electrons. The minimum absolute atomic E-state index is 0.0547. The second-order valence-electron chi connectivity index (χ2n) is 5.49. The number of hydrogen-bond acceptors (Lipinski definition) is 6. The molecule has 0 spiro atoms. The van der Waals surface area contributed by atoms with E-state index in [0.717, 1.165) is 19.3 Å². The van der Waals surface area contributed by atoms with Gasteiger partial charge < -0.3 is 14.4 Å². The van der Waals surface area contributed by atoms with Crippen LogP contribution >= 0.6 is 0 Å². The summed E-state index contributed by atoms with van der Waals surface area (Å²) in [5.41, 5.74) is -1.28. The summed E-state index contributed by atoms with van der Waals surface area (Å²) >= 11 is 0. The second-order valence-corrected chi connectivity index (χ2v) is 5.49. The zero-order valence-corrected chi connectivity index (χ0v) is 10.8. The fourth-order valence-corrected chi connectivity index (χ4v) is 2.65. The summed E-state index contributed by atoms with van der Waals surface area (Å²) in [5, 5.41) is 13.7. The smallest absolute Gasteiger partial charge is 0.338 e. The molecular formula is C13H18N2O4. The van der Waals surface area contributed by atoms with Crippen LogP contribution in [-0.2, 0) is 16.1 Å². The average molecular weight is 266 g/mol. The van der Waals surface area contributed by atoms with Crippen LogP contribution in [0.15, 0.2) is 4.52 Å². The summed E-state index contributed by atoms with van der Waals surface area (Å²) in [4.78, 5) is 15.9. The molecule has 19 heavy (non-hydrogen) atoms. The number of rotatable bonds is 4. The molecule has 0 atom stereocenters. The third-order valence-electron chi connectivity index (χ3n) is 4.09. The summed E-state index contributed by atoms with van der Waals surface area (Å²) in [6.07, 6.45) is 6.41. The Bertz CT molecular complexity index is 461. The first kappa shape index (κ1) is 12.6. The summed E-state index contributed by atoms with van der Waals surface area (Å²) in [6.45, 7) is -0.0547. The van der Waals surface area contributed by atoms with E-state index in [0.29, 0.717) is 30.5 Å². The predicted molar refractivity (Wildman–Crippen MR) is 64.1 cm³/mol. The van der Waals surface area contributed by atoms with E-state index >= 15 is 0 Å². The lowest BCUT2D eigenvalue weighted by molar-refractivity contribution is -0.176. The van der Waals surface area contributed by atoms with Crippen LogP contribution in [0.3, 0.4) is 0 Å². The number of hydrogen-bond donors (Lipinski definition) is 1. The molecule has 2 aliphatic rings. The Morgan fingerprint density at radius 3 is 2.74 bits per heavy atom. The Hall–Kier alpha value is -1.43. The van der Waals surface area contributed by atoms with Gasteiger partial charge in [-0.1, -0.05) is 18.0 Å². The third kappa shape index (κ3) is 2.49. The van der Waals surface area contributed by atoms with Crippen molar-refractivity contribution in [2.24, 2.45) is 0 Å². The first-order valence-corrected chi connectivity index (χ1v) is 6.89. The van der Waals surface area contributed by atoms with Crippen LogP contribution < -0.4 is 0 Å². The maximum Gasteiger partial charge on any atom is 0.338 e. The summed E-state index contributed by atoms with van der Waals surface area (Å²) in [5.74, 6) is 0.812. The molecule has 104 valence electrons. The highest BCUT2D eigenvalue weighted by Gasteiger charge is 2.43. The van der Waals surface area contributed by atoms with Gasteiger partial charge in [0, 0.05) is 5.92 Å². The number of carbonyl (C=O) groups is 1. The monoisotopic (exact) mass is 266 g/mol. The standard InChI is InChI=1S/C13H18N2O4/c16-12(13(17)6-3-7-13)18-8-10-14-11(15-19-10)9-4-1-2-5-9/h9,17H,1-8H2. The quantitative estimate of drug-likeness (QED) is 0.834. The van der Waals surface area contributed by atoms with Crippen LogP contribution in [0.5, 0.6) is 0 Å². The van der Waals surface area contributed by atoms with Crippen molar-refractivity contribution < 1.29 is 19.2 Å². The highest BCUT2D eigenvalue weighted by Crippen LogP contribution is 2.33. The van der Waals surface area contributed by atoms with Gasteiger partial charge in [0.15, 0.2) is 18.0 Å². The van der Waals surface area contributed by atoms with Crippen LogP contribution in [0.4, 0.5) is 0 Å². The van der Waals surface area contributed by atoms with Crippen LogP contribution in [-0.4, -0.2) is 26.8 Å². The Morgan fingerprint density at radius 2 is 2.11 bits per heavy atom. The van der Waals surface area contributed by atoms with Gasteiger partial charge in [-0.3, -0.25) is 0 Å². The van der Waals surface area contributed by atoms with E-state index in [9.17, 15) is 9.90 Å². The lowest BCUT2D eigenvalue weighted by atomic mass is 9.80. The third-order valence-corrected chi connectivity index (χ3v) is 4.09. The number of aromatic nitrogens is 2. The summed E-state index contributed by atoms with van der Waals surface area (Å²) in [6, 6.07) is 0. The highest BCUT2D eigenvalue weighted by atomic mass is 16.6. The second kappa shape index (κ2) is 4.92. The van der Waals surface area contributed by atoms with Gasteiger partial charge in [-0.25, -0.2) is 4.79 Å². The Balaban J connectivity index is 1.54. The molecule has 1 aromatic heterocycles. The molecule has 6 heteroatoms. The molecule has 2 saturated carbocycles. The van der Waals surface area contributed by atoms with E-state index in [1.165, 1.54) is 12.8 Å². The first-order chi connectivity index (χ1) is 9.17. The van der Waals surface area contributed by atoms with Gasteiger partial charge in [0.1, 0.15) is 0 Å². The number of esters is 1. The molecule has 0 saturated heterocycles. The van der Waals surface area contributed by atoms with Crippen molar-refractivity contribution in [1.82, 2.24) is 10.1 Å². The van der Waals surface area contributed by atoms with E-state index in [2.05, 4.69) is 10.1 Å². The van der Waals surface area contributed by atoms with E-state index < -0.39 is 11.6 Å². The fourth-order valence-electron chi connectivity index (χ4n) is 2.65. The first-order valence-electron chi connectivity index (χ1n) is 6.89. The van der Waals surface area contributed by atoms with Crippen molar-refractivity contribution in [2.75, 3.05) is 0 Å². The molecule has 0 unspecified atom stereocenters. The number of carbonyl (C=O) groups excluding carboxylic acids is 1. The molecule has 2 fully saturated rings. The number of ether oxygens (including phenoxy) is 1. The lowest BCUT2D eigenvalue weighted by Gasteiger charge is -2.33. The molecule has 0 aromatic carbocycles. The maximum atomic E-state index is 11.6. The Labute approximate surface area is 111 Å². The van der Waals surface area contributed by atoms with Crippen molar-refractivity contribution in [3.05, 3.63) is 11.7 Å². The molecular weight excluding hydrogens is 248 g/mol. The molecule has 3 rings (SSSR count). The van der Waals surface area contributed by atoms with Crippen LogP contribution in [0.1, 0.15) is 62.6 Å². The SMILES string of the molecule is O=C(OCc1nc(C2CCCC2)no1)C1(O)CCC1. The highest BCUT2D eigenvalue weighted by molar-refractivity contribution is 5.80. The largest absolute Gasteiger partial charge is 0.453 e. The zero-order chi connectivity index (χ0) is 13.3. The van der Waals surface area contributed by atoms with Gasteiger partial charge in [0.2, 0.25) is 0 Å². The van der Waals surface area contributed by atoms with Crippen LogP contribution in [0, 0.1) is 0 Å². The Morgan fingerprint density at radius 1 is 1.37 bits per heavy atom. The van der Waals surface area contributed by atoms with E-state index in [1.807, 2.05) is 0 Å². The van der Waals surface area contributed by atoms with E-state index in [1.54, 1.807) is 0 Å². The Kier molecular flexibility index (Phi) is 3.26. The molecule has 1 heterocycles. The normalized spacial score (nSPS) is 22.2. The van der Waals surface area contributed by atoms with Gasteiger partial charge in [0.25, 0.3) is 5.89 Å². The zero-order valence-electron chi connectivity index (χ0n) is 10.8. The molecule has 0 aliphatic heterocycles. The molecule has 2 aliphatic carbocycles. The summed E-state index contributed by atoms with van der Waals surface area (Å²) in [7, 11) is 0. The summed E-state index contributed by atoms with van der Waals surface area (Å²) < 4.78 is 10.1. The maximum absolute atomic E-state index is 11.6. The van der Waals surface area contributed by atoms with E-state index in [-0.39, 0.29) is 6.61 Å². The fraction of sp³-hybridized carbons (Fsp3) is 0.769. The minimum atomic E-state index is -1.28. The number of aliphatic hydroxyl groups is 1. The van der Waals surface area contributed by atoms with Crippen molar-refractivity contribution in [3.8, 4) is 0 Å². The van der Waals surface area contributed by atoms with Gasteiger partial charge in [-0.2, -0.15) is 4.98 Å². The van der Waals surface area contributed by atoms with Crippen molar-refractivity contribution in [1.29, 1.82) is 0 Å². The van der Waals surface area contributed by atoms with Crippen molar-refractivity contribution >= 4 is 5.97 Å². The van der Waals surface area contributed by atoms with Gasteiger partial charge in [-0.05, 0) is 32.1 Å². The van der Waals surface area contributed by atoms with Crippen LogP contribution in [0.25, 0.3) is 0 Å². The molecule has 0 amide bonds. The predicted octanol–water partition coefficient (Wildman–Crippen LogP) is 1.69. The van der Waals surface area contributed by atoms with Crippen LogP contribution in [0.2, 0.25) is 0 Å². The van der Waals surface area contributed by atoms with E-state index in [4.69, 9.17) is 9.26 Å². The molecule has 6 nitrogen and oxygen atoms in total. The van der Waals surface area contributed by atoms with Gasteiger partial charge in [-0.15, -0.1) is 0 Å². The van der Waals surface area contributed by atoms with Crippen molar-refractivity contribution in [2.45, 2.75) is 63.1 Å². The average Bonchev–Trinajstić information content (AvgIpc) is 3.02. The van der Waals surface area contributed by atoms with Crippen molar-refractivity contribution in [3.63, 3.8) is 0 Å². The van der Waals surface area contributed by atoms with Gasteiger partial charge in [0.05, 0.1) is 0 Å².